The fourth-order valence-corrected chi connectivity index (χ4v) is 3.38. The van der Waals surface area contributed by atoms with E-state index in [1.54, 1.807) is 7.05 Å². The van der Waals surface area contributed by atoms with E-state index in [9.17, 15) is 13.2 Å². The van der Waals surface area contributed by atoms with Crippen molar-refractivity contribution in [3.8, 4) is 0 Å². The zero-order valence-electron chi connectivity index (χ0n) is 14.0. The Morgan fingerprint density at radius 3 is 2.46 bits per heavy atom. The van der Waals surface area contributed by atoms with Crippen molar-refractivity contribution in [2.45, 2.75) is 19.0 Å². The van der Waals surface area contributed by atoms with Crippen molar-refractivity contribution in [2.75, 3.05) is 18.5 Å². The van der Waals surface area contributed by atoms with Gasteiger partial charge in [-0.05, 0) is 28.5 Å². The summed E-state index contributed by atoms with van der Waals surface area (Å²) < 4.78 is 32.9. The van der Waals surface area contributed by atoms with E-state index in [1.165, 1.54) is 22.0 Å². The molecule has 0 saturated heterocycles. The largest absolute Gasteiger partial charge is 0.490 e. The van der Waals surface area contributed by atoms with E-state index in [0.717, 1.165) is 11.0 Å². The molecule has 0 bridgehead atoms. The number of anilines is 1. The van der Waals surface area contributed by atoms with Gasteiger partial charge in [0.2, 0.25) is 0 Å². The van der Waals surface area contributed by atoms with Gasteiger partial charge in [0.25, 0.3) is 0 Å². The van der Waals surface area contributed by atoms with Crippen LogP contribution in [0.5, 0.6) is 0 Å². The maximum atomic E-state index is 10.6. The fraction of sp³-hybridized carbons (Fsp3) is 0.294. The number of benzene rings is 2. The molecule has 1 unspecified atom stereocenters. The molecule has 0 radical (unpaired) electrons. The average molecular weight is 432 g/mol. The van der Waals surface area contributed by atoms with Crippen LogP contribution in [0, 0.1) is 0 Å². The summed E-state index contributed by atoms with van der Waals surface area (Å²) in [7, 11) is 1.73. The SMILES string of the molecule is CN=C(N)N1CC(C)c2c1ccc1c(Br)cccc21.O=C(O)C(F)(F)F. The Morgan fingerprint density at radius 1 is 1.31 bits per heavy atom. The Hall–Kier alpha value is -2.29. The van der Waals surface area contributed by atoms with Crippen LogP contribution in [-0.4, -0.2) is 36.8 Å². The third-order valence-corrected chi connectivity index (χ3v) is 4.71. The monoisotopic (exact) mass is 431 g/mol. The third-order valence-electron chi connectivity index (χ3n) is 4.02. The fourth-order valence-electron chi connectivity index (χ4n) is 2.89. The lowest BCUT2D eigenvalue weighted by molar-refractivity contribution is -0.192. The maximum Gasteiger partial charge on any atom is 0.490 e. The van der Waals surface area contributed by atoms with Crippen molar-refractivity contribution in [2.24, 2.45) is 10.7 Å². The molecule has 0 amide bonds. The van der Waals surface area contributed by atoms with Crippen LogP contribution in [0.4, 0.5) is 18.9 Å². The number of carboxylic acid groups (broad SMARTS) is 1. The minimum atomic E-state index is -5.08. The number of hydrogen-bond acceptors (Lipinski definition) is 2. The molecule has 1 atom stereocenters. The molecule has 1 aliphatic rings. The van der Waals surface area contributed by atoms with Crippen molar-refractivity contribution in [1.82, 2.24) is 0 Å². The summed E-state index contributed by atoms with van der Waals surface area (Å²) in [5.41, 5.74) is 8.54. The second-order valence-corrected chi connectivity index (χ2v) is 6.58. The normalized spacial score (nSPS) is 16.9. The quantitative estimate of drug-likeness (QED) is 0.486. The maximum absolute atomic E-state index is 10.6. The first-order chi connectivity index (χ1) is 12.1. The standard InChI is InChI=1S/C15H16BrN3.C2HF3O2/c1-9-8-19(15(17)18-2)13-7-6-10-11(14(9)13)4-3-5-12(10)16;3-2(4,5)1(6)7/h3-7,9H,8H2,1-2H3,(H2,17,18);(H,6,7). The predicted octanol–water partition coefficient (Wildman–Crippen LogP) is 4.10. The number of nitrogens with zero attached hydrogens (tertiary/aromatic N) is 2. The molecule has 2 aromatic carbocycles. The van der Waals surface area contributed by atoms with E-state index in [0.29, 0.717) is 11.9 Å². The predicted molar refractivity (Wildman–Crippen MR) is 98.6 cm³/mol. The highest BCUT2D eigenvalue weighted by Crippen LogP contribution is 2.42. The van der Waals surface area contributed by atoms with Gasteiger partial charge in [0, 0.05) is 29.7 Å². The number of rotatable bonds is 0. The minimum Gasteiger partial charge on any atom is -0.475 e. The van der Waals surface area contributed by atoms with Crippen molar-refractivity contribution < 1.29 is 23.1 Å². The number of alkyl halides is 3. The van der Waals surface area contributed by atoms with Gasteiger partial charge in [-0.15, -0.1) is 0 Å². The van der Waals surface area contributed by atoms with Gasteiger partial charge in [0.05, 0.1) is 0 Å². The van der Waals surface area contributed by atoms with Gasteiger partial charge in [-0.1, -0.05) is 41.1 Å². The van der Waals surface area contributed by atoms with Crippen molar-refractivity contribution >= 4 is 44.3 Å². The Bertz CT molecular complexity index is 868. The molecular formula is C17H17BrF3N3O2. The van der Waals surface area contributed by atoms with Crippen LogP contribution in [0.2, 0.25) is 0 Å². The number of halogens is 4. The second-order valence-electron chi connectivity index (χ2n) is 5.73. The van der Waals surface area contributed by atoms with E-state index < -0.39 is 12.1 Å². The van der Waals surface area contributed by atoms with E-state index >= 15 is 0 Å². The van der Waals surface area contributed by atoms with Gasteiger partial charge in [-0.2, -0.15) is 13.2 Å². The average Bonchev–Trinajstić information content (AvgIpc) is 2.91. The molecule has 1 aliphatic heterocycles. The lowest BCUT2D eigenvalue weighted by Crippen LogP contribution is -2.36. The first-order valence-corrected chi connectivity index (χ1v) is 8.38. The Labute approximate surface area is 156 Å². The highest BCUT2D eigenvalue weighted by Gasteiger charge is 2.38. The van der Waals surface area contributed by atoms with Gasteiger partial charge in [-0.25, -0.2) is 4.79 Å². The van der Waals surface area contributed by atoms with Crippen molar-refractivity contribution in [1.29, 1.82) is 0 Å². The number of aliphatic imine (C=N–C) groups is 1. The molecule has 3 rings (SSSR count). The molecule has 1 heterocycles. The smallest absolute Gasteiger partial charge is 0.475 e. The van der Waals surface area contributed by atoms with Gasteiger partial charge < -0.3 is 15.7 Å². The molecular weight excluding hydrogens is 415 g/mol. The Balaban J connectivity index is 0.000000298. The van der Waals surface area contributed by atoms with Crippen LogP contribution in [0.25, 0.3) is 10.8 Å². The summed E-state index contributed by atoms with van der Waals surface area (Å²) in [5, 5.41) is 9.67. The highest BCUT2D eigenvalue weighted by molar-refractivity contribution is 9.10. The molecule has 0 fully saturated rings. The number of guanidine groups is 1. The summed E-state index contributed by atoms with van der Waals surface area (Å²) >= 11 is 3.62. The van der Waals surface area contributed by atoms with E-state index in [2.05, 4.69) is 63.1 Å². The first-order valence-electron chi connectivity index (χ1n) is 7.59. The number of hydrogen-bond donors (Lipinski definition) is 2. The number of carboxylic acids is 1. The Kier molecular flexibility index (Phi) is 5.80. The zero-order chi connectivity index (χ0) is 19.6. The number of carbonyl (C=O) groups is 1. The van der Waals surface area contributed by atoms with Gasteiger partial charge in [0.15, 0.2) is 5.96 Å². The zero-order valence-corrected chi connectivity index (χ0v) is 15.6. The molecule has 5 nitrogen and oxygen atoms in total. The summed E-state index contributed by atoms with van der Waals surface area (Å²) in [4.78, 5) is 15.1. The lowest BCUT2D eigenvalue weighted by Gasteiger charge is -2.18. The highest BCUT2D eigenvalue weighted by atomic mass is 79.9. The lowest BCUT2D eigenvalue weighted by atomic mass is 9.96. The van der Waals surface area contributed by atoms with E-state index in [-0.39, 0.29) is 0 Å². The minimum absolute atomic E-state index is 0.452. The van der Waals surface area contributed by atoms with Gasteiger partial charge >= 0.3 is 12.1 Å². The number of aliphatic carboxylic acids is 1. The summed E-state index contributed by atoms with van der Waals surface area (Å²) in [6.45, 7) is 3.13. The molecule has 2 aromatic rings. The molecule has 0 aromatic heterocycles. The molecule has 9 heteroatoms. The third kappa shape index (κ3) is 3.92. The Morgan fingerprint density at radius 2 is 1.92 bits per heavy atom. The van der Waals surface area contributed by atoms with E-state index in [1.807, 2.05) is 0 Å². The molecule has 0 saturated carbocycles. The summed E-state index contributed by atoms with van der Waals surface area (Å²) in [5.74, 6) is -1.72. The summed E-state index contributed by atoms with van der Waals surface area (Å²) in [6, 6.07) is 10.6. The molecule has 0 aliphatic carbocycles. The van der Waals surface area contributed by atoms with Crippen LogP contribution in [-0.2, 0) is 4.79 Å². The number of fused-ring (bicyclic) bond motifs is 3. The van der Waals surface area contributed by atoms with Crippen LogP contribution in [0.3, 0.4) is 0 Å². The van der Waals surface area contributed by atoms with E-state index in [4.69, 9.17) is 15.6 Å². The van der Waals surface area contributed by atoms with Gasteiger partial charge in [-0.3, -0.25) is 4.99 Å². The number of nitrogens with two attached hydrogens (primary N) is 1. The van der Waals surface area contributed by atoms with Gasteiger partial charge in [0.1, 0.15) is 0 Å². The van der Waals surface area contributed by atoms with Crippen LogP contribution in [0.15, 0.2) is 39.8 Å². The van der Waals surface area contributed by atoms with Crippen LogP contribution >= 0.6 is 15.9 Å². The first kappa shape index (κ1) is 20.0. The molecule has 140 valence electrons. The van der Waals surface area contributed by atoms with Crippen molar-refractivity contribution in [3.63, 3.8) is 0 Å². The molecule has 0 spiro atoms. The van der Waals surface area contributed by atoms with Crippen LogP contribution < -0.4 is 10.6 Å². The molecule has 3 N–H and O–H groups in total. The van der Waals surface area contributed by atoms with Crippen molar-refractivity contribution in [3.05, 3.63) is 40.4 Å². The second kappa shape index (κ2) is 7.53. The topological polar surface area (TPSA) is 78.9 Å². The molecule has 26 heavy (non-hydrogen) atoms. The summed E-state index contributed by atoms with van der Waals surface area (Å²) in [6.07, 6.45) is -5.08. The van der Waals surface area contributed by atoms with Crippen LogP contribution in [0.1, 0.15) is 18.4 Å².